The molecule has 0 N–H and O–H groups in total. The Morgan fingerprint density at radius 3 is 2.95 bits per heavy atom. The van der Waals surface area contributed by atoms with Gasteiger partial charge in [-0.05, 0) is 40.4 Å². The smallest absolute Gasteiger partial charge is 0.137 e. The predicted octanol–water partition coefficient (Wildman–Crippen LogP) is 3.89. The third-order valence-electron chi connectivity index (χ3n) is 3.43. The molecule has 0 unspecified atom stereocenters. The third-order valence-corrected chi connectivity index (χ3v) is 3.84. The van der Waals surface area contributed by atoms with Crippen LogP contribution in [-0.4, -0.2) is 16.5 Å². The van der Waals surface area contributed by atoms with Gasteiger partial charge in [-0.15, -0.1) is 0 Å². The van der Waals surface area contributed by atoms with Gasteiger partial charge in [-0.25, -0.2) is 9.97 Å². The minimum Gasteiger partial charge on any atom is -0.326 e. The highest BCUT2D eigenvalue weighted by Crippen LogP contribution is 2.32. The van der Waals surface area contributed by atoms with Crippen molar-refractivity contribution in [2.75, 3.05) is 11.4 Å². The molecular formula is C15H16BrN3. The van der Waals surface area contributed by atoms with E-state index < -0.39 is 0 Å². The lowest BCUT2D eigenvalue weighted by Crippen LogP contribution is -2.25. The van der Waals surface area contributed by atoms with E-state index in [1.54, 1.807) is 0 Å². The molecule has 0 aliphatic carbocycles. The Labute approximate surface area is 121 Å². The quantitative estimate of drug-likeness (QED) is 0.787. The number of benzene rings is 1. The molecule has 0 saturated carbocycles. The molecule has 0 amide bonds. The lowest BCUT2D eigenvalue weighted by molar-refractivity contribution is 0.753. The van der Waals surface area contributed by atoms with Crippen molar-refractivity contribution in [2.24, 2.45) is 0 Å². The highest BCUT2D eigenvalue weighted by atomic mass is 79.9. The van der Waals surface area contributed by atoms with E-state index in [-0.39, 0.29) is 0 Å². The Balaban J connectivity index is 2.06. The largest absolute Gasteiger partial charge is 0.326 e. The van der Waals surface area contributed by atoms with Gasteiger partial charge in [-0.3, -0.25) is 0 Å². The number of nitrogens with zero attached hydrogens (tertiary/aromatic N) is 3. The van der Waals surface area contributed by atoms with Crippen LogP contribution in [0.5, 0.6) is 0 Å². The summed E-state index contributed by atoms with van der Waals surface area (Å²) in [6, 6.07) is 10.6. The van der Waals surface area contributed by atoms with E-state index in [0.29, 0.717) is 0 Å². The molecule has 1 aliphatic heterocycles. The van der Waals surface area contributed by atoms with Crippen molar-refractivity contribution in [3.8, 4) is 0 Å². The van der Waals surface area contributed by atoms with Gasteiger partial charge in [-0.1, -0.05) is 25.1 Å². The van der Waals surface area contributed by atoms with Gasteiger partial charge in [0.05, 0.1) is 0 Å². The van der Waals surface area contributed by atoms with Crippen molar-refractivity contribution < 1.29 is 0 Å². The van der Waals surface area contributed by atoms with Gasteiger partial charge in [0, 0.05) is 24.7 Å². The molecule has 4 heteroatoms. The van der Waals surface area contributed by atoms with Crippen LogP contribution < -0.4 is 4.90 Å². The first kappa shape index (κ1) is 12.6. The zero-order chi connectivity index (χ0) is 13.2. The van der Waals surface area contributed by atoms with Crippen LogP contribution >= 0.6 is 15.9 Å². The Morgan fingerprint density at radius 1 is 1.26 bits per heavy atom. The van der Waals surface area contributed by atoms with Crippen molar-refractivity contribution in [1.29, 1.82) is 0 Å². The summed E-state index contributed by atoms with van der Waals surface area (Å²) < 4.78 is 0.859. The highest BCUT2D eigenvalue weighted by Gasteiger charge is 2.19. The Bertz CT molecular complexity index is 598. The molecule has 0 radical (unpaired) electrons. The third kappa shape index (κ3) is 2.50. The summed E-state index contributed by atoms with van der Waals surface area (Å²) >= 11 is 3.48. The predicted molar refractivity (Wildman–Crippen MR) is 80.9 cm³/mol. The number of hydrogen-bond donors (Lipinski definition) is 0. The van der Waals surface area contributed by atoms with Crippen LogP contribution in [0.25, 0.3) is 0 Å². The molecular weight excluding hydrogens is 302 g/mol. The van der Waals surface area contributed by atoms with Crippen LogP contribution in [0.4, 0.5) is 11.5 Å². The first-order valence-corrected chi connectivity index (χ1v) is 7.46. The van der Waals surface area contributed by atoms with Crippen LogP contribution in [0.1, 0.15) is 24.7 Å². The molecule has 3 nitrogen and oxygen atoms in total. The van der Waals surface area contributed by atoms with Gasteiger partial charge in [0.1, 0.15) is 16.2 Å². The molecule has 19 heavy (non-hydrogen) atoms. The van der Waals surface area contributed by atoms with Gasteiger partial charge < -0.3 is 4.90 Å². The van der Waals surface area contributed by atoms with Crippen LogP contribution in [0, 0.1) is 0 Å². The zero-order valence-corrected chi connectivity index (χ0v) is 12.5. The molecule has 2 heterocycles. The molecule has 0 fully saturated rings. The van der Waals surface area contributed by atoms with Gasteiger partial charge in [0.25, 0.3) is 0 Å². The summed E-state index contributed by atoms with van der Waals surface area (Å²) in [5.74, 6) is 1.87. The van der Waals surface area contributed by atoms with E-state index in [1.165, 1.54) is 17.7 Å². The zero-order valence-electron chi connectivity index (χ0n) is 10.9. The fourth-order valence-electron chi connectivity index (χ4n) is 2.52. The average Bonchev–Trinajstić information content (AvgIpc) is 2.46. The first-order chi connectivity index (χ1) is 9.28. The van der Waals surface area contributed by atoms with Crippen LogP contribution in [0.15, 0.2) is 34.9 Å². The first-order valence-electron chi connectivity index (χ1n) is 6.67. The number of aromatic nitrogens is 2. The molecule has 2 aromatic rings. The Kier molecular flexibility index (Phi) is 3.51. The Morgan fingerprint density at radius 2 is 2.11 bits per heavy atom. The van der Waals surface area contributed by atoms with Crippen molar-refractivity contribution >= 4 is 27.4 Å². The second kappa shape index (κ2) is 5.29. The van der Waals surface area contributed by atoms with Gasteiger partial charge in [-0.2, -0.15) is 0 Å². The lowest BCUT2D eigenvalue weighted by atomic mass is 10.0. The van der Waals surface area contributed by atoms with E-state index in [2.05, 4.69) is 62.0 Å². The molecule has 3 rings (SSSR count). The van der Waals surface area contributed by atoms with Gasteiger partial charge >= 0.3 is 0 Å². The van der Waals surface area contributed by atoms with E-state index in [4.69, 9.17) is 0 Å². The highest BCUT2D eigenvalue weighted by molar-refractivity contribution is 9.10. The molecule has 0 bridgehead atoms. The SMILES string of the molecule is CCc1nc(Br)cc(N2CCCc3ccccc32)n1. The monoisotopic (exact) mass is 317 g/mol. The molecule has 0 atom stereocenters. The van der Waals surface area contributed by atoms with Crippen molar-refractivity contribution in [3.63, 3.8) is 0 Å². The number of hydrogen-bond acceptors (Lipinski definition) is 3. The van der Waals surface area contributed by atoms with Crippen molar-refractivity contribution in [1.82, 2.24) is 9.97 Å². The summed E-state index contributed by atoms with van der Waals surface area (Å²) in [6.45, 7) is 3.10. The fourth-order valence-corrected chi connectivity index (χ4v) is 2.93. The Hall–Kier alpha value is -1.42. The van der Waals surface area contributed by atoms with Crippen LogP contribution in [-0.2, 0) is 12.8 Å². The number of aryl methyl sites for hydroxylation is 2. The van der Waals surface area contributed by atoms with Crippen molar-refractivity contribution in [3.05, 3.63) is 46.3 Å². The normalized spacial score (nSPS) is 14.3. The molecule has 0 spiro atoms. The number of fused-ring (bicyclic) bond motifs is 1. The maximum atomic E-state index is 4.66. The minimum atomic E-state index is 0.849. The summed E-state index contributed by atoms with van der Waals surface area (Å²) in [7, 11) is 0. The molecule has 1 aromatic carbocycles. The lowest BCUT2D eigenvalue weighted by Gasteiger charge is -2.30. The molecule has 1 aromatic heterocycles. The summed E-state index contributed by atoms with van der Waals surface area (Å²) in [5, 5.41) is 0. The van der Waals surface area contributed by atoms with E-state index in [1.807, 2.05) is 6.07 Å². The van der Waals surface area contributed by atoms with E-state index in [9.17, 15) is 0 Å². The van der Waals surface area contributed by atoms with E-state index >= 15 is 0 Å². The summed E-state index contributed by atoms with van der Waals surface area (Å²) in [4.78, 5) is 11.3. The number of halogens is 1. The molecule has 1 aliphatic rings. The second-order valence-corrected chi connectivity index (χ2v) is 5.52. The maximum absolute atomic E-state index is 4.66. The molecule has 98 valence electrons. The topological polar surface area (TPSA) is 29.0 Å². The van der Waals surface area contributed by atoms with Crippen LogP contribution in [0.2, 0.25) is 0 Å². The van der Waals surface area contributed by atoms with Gasteiger partial charge in [0.15, 0.2) is 0 Å². The summed E-state index contributed by atoms with van der Waals surface area (Å²) in [6.07, 6.45) is 3.17. The van der Waals surface area contributed by atoms with Gasteiger partial charge in [0.2, 0.25) is 0 Å². The fraction of sp³-hybridized carbons (Fsp3) is 0.333. The molecule has 0 saturated heterocycles. The standard InChI is InChI=1S/C15H16BrN3/c1-2-14-17-13(16)10-15(18-14)19-9-5-7-11-6-3-4-8-12(11)19/h3-4,6,8,10H,2,5,7,9H2,1H3. The minimum absolute atomic E-state index is 0.849. The van der Waals surface area contributed by atoms with Crippen LogP contribution in [0.3, 0.4) is 0 Å². The number of rotatable bonds is 2. The number of para-hydroxylation sites is 1. The average molecular weight is 318 g/mol. The maximum Gasteiger partial charge on any atom is 0.137 e. The van der Waals surface area contributed by atoms with Crippen molar-refractivity contribution in [2.45, 2.75) is 26.2 Å². The second-order valence-electron chi connectivity index (χ2n) is 4.70. The summed E-state index contributed by atoms with van der Waals surface area (Å²) in [5.41, 5.74) is 2.68. The number of anilines is 2. The van der Waals surface area contributed by atoms with E-state index in [0.717, 1.165) is 35.6 Å².